The van der Waals surface area contributed by atoms with E-state index in [0.29, 0.717) is 70.4 Å². The average Bonchev–Trinajstić information content (AvgIpc) is 3.78. The Morgan fingerprint density at radius 3 is 1.79 bits per heavy atom. The quantitative estimate of drug-likeness (QED) is 0.0297. The maximum absolute atomic E-state index is 12.9. The Morgan fingerprint density at radius 1 is 0.712 bits per heavy atom. The topological polar surface area (TPSA) is 235 Å². The highest BCUT2D eigenvalue weighted by molar-refractivity contribution is 5.93. The fourth-order valence-corrected chi connectivity index (χ4v) is 8.28. The number of carbonyl (C=O) groups excluding carboxylic acids is 7. The molecule has 1 aliphatic heterocycles. The summed E-state index contributed by atoms with van der Waals surface area (Å²) in [5, 5.41) is 18.0. The molecule has 0 radical (unpaired) electrons. The molecule has 8 N–H and O–H groups in total. The van der Waals surface area contributed by atoms with Crippen molar-refractivity contribution in [3.63, 3.8) is 0 Å². The van der Waals surface area contributed by atoms with Crippen molar-refractivity contribution >= 4 is 41.0 Å². The molecule has 2 rings (SSSR count). The number of Topliss-reactive ketones (excluding diaryl/α,β-unsaturated/α-hetero) is 3. The number of likely N-dealkylation sites (tertiary alicyclic amines) is 1. The Hall–Kier alpha value is -4.68. The van der Waals surface area contributed by atoms with Crippen molar-refractivity contribution in [1.82, 2.24) is 20.9 Å². The monoisotopic (exact) mass is 922 g/mol. The summed E-state index contributed by atoms with van der Waals surface area (Å²) in [6.07, 6.45) is 21.3. The van der Waals surface area contributed by atoms with Crippen LogP contribution in [0.4, 0.5) is 0 Å². The lowest BCUT2D eigenvalue weighted by Gasteiger charge is -2.20. The van der Waals surface area contributed by atoms with Crippen LogP contribution >= 0.6 is 0 Å². The van der Waals surface area contributed by atoms with Crippen molar-refractivity contribution in [2.24, 2.45) is 17.4 Å². The van der Waals surface area contributed by atoms with Gasteiger partial charge in [-0.2, -0.15) is 0 Å². The van der Waals surface area contributed by atoms with Gasteiger partial charge in [0.2, 0.25) is 23.6 Å². The minimum absolute atomic E-state index is 0.0302. The van der Waals surface area contributed by atoms with Crippen molar-refractivity contribution in [3.8, 4) is 5.75 Å². The van der Waals surface area contributed by atoms with Crippen LogP contribution in [0, 0.1) is 12.5 Å². The van der Waals surface area contributed by atoms with E-state index in [-0.39, 0.29) is 60.7 Å². The first-order valence-electron chi connectivity index (χ1n) is 25.1. The fraction of sp³-hybridized carbons (Fsp3) is 0.725. The van der Waals surface area contributed by atoms with Gasteiger partial charge in [-0.05, 0) is 89.3 Å². The first-order chi connectivity index (χ1) is 31.7. The van der Waals surface area contributed by atoms with Crippen molar-refractivity contribution in [1.29, 1.82) is 0 Å². The average molecular weight is 922 g/mol. The van der Waals surface area contributed by atoms with E-state index in [1.807, 2.05) is 0 Å². The molecule has 15 heteroatoms. The van der Waals surface area contributed by atoms with Crippen LogP contribution in [0.1, 0.15) is 186 Å². The van der Waals surface area contributed by atoms with Crippen LogP contribution in [0.25, 0.3) is 4.85 Å². The van der Waals surface area contributed by atoms with Crippen LogP contribution in [0.2, 0.25) is 0 Å². The Morgan fingerprint density at radius 2 is 1.23 bits per heavy atom. The van der Waals surface area contributed by atoms with Gasteiger partial charge >= 0.3 is 6.17 Å². The number of phenolic OH excluding ortho intramolecular Hbond substituents is 1. The van der Waals surface area contributed by atoms with Crippen LogP contribution in [-0.2, 0) is 40.0 Å². The summed E-state index contributed by atoms with van der Waals surface area (Å²) in [7, 11) is 0. The van der Waals surface area contributed by atoms with Gasteiger partial charge in [0.05, 0.1) is 18.1 Å². The van der Waals surface area contributed by atoms with Gasteiger partial charge < -0.3 is 32.5 Å². The predicted molar refractivity (Wildman–Crippen MR) is 258 cm³/mol. The molecule has 1 fully saturated rings. The van der Waals surface area contributed by atoms with E-state index in [1.165, 1.54) is 19.1 Å². The number of nitrogens with zero attached hydrogens (tertiary/aromatic N) is 2. The van der Waals surface area contributed by atoms with Crippen LogP contribution in [0.5, 0.6) is 5.75 Å². The summed E-state index contributed by atoms with van der Waals surface area (Å²) >= 11 is 0. The number of nitrogens with one attached hydrogen (secondary N) is 3. The van der Waals surface area contributed by atoms with E-state index in [1.54, 1.807) is 24.0 Å². The fourth-order valence-electron chi connectivity index (χ4n) is 8.28. The molecule has 1 aromatic carbocycles. The van der Waals surface area contributed by atoms with Crippen LogP contribution in [0.3, 0.4) is 0 Å². The maximum Gasteiger partial charge on any atom is 0.300 e. The molecule has 1 heterocycles. The second-order valence-electron chi connectivity index (χ2n) is 18.4. The third-order valence-electron chi connectivity index (χ3n) is 12.6. The number of hydrogen-bond donors (Lipinski definition) is 6. The minimum Gasteiger partial charge on any atom is -0.508 e. The second kappa shape index (κ2) is 34.6. The number of nitrogens with two attached hydrogens (primary N) is 2. The van der Waals surface area contributed by atoms with Gasteiger partial charge in [0.1, 0.15) is 17.3 Å². The number of rotatable bonds is 38. The standard InChI is InChI=1S/C51H83N7O8/c1-38(57-50(65)45(53)36-40-27-29-43(61)30-28-40)46(62)37-41(39(2)59)22-18-20-34-55-48(63)26-17-13-9-5-4-7-11-15-23-42(60)24-16-12-8-6-10-14-19-33-56-49(64)32-31-44(52)51(66)58-35-21-25-47(58)54-3/h27-30,38,41,44-45,47,61H,4-26,31-37,52-53H2,1-2H3,(H,55,63)(H,56,64)(H,57,65)/t38-,41-,44+,45+,47+/m1/s1. The van der Waals surface area contributed by atoms with Crippen molar-refractivity contribution in [2.75, 3.05) is 19.6 Å². The highest BCUT2D eigenvalue weighted by Gasteiger charge is 2.35. The van der Waals surface area contributed by atoms with Gasteiger partial charge in [-0.3, -0.25) is 43.3 Å². The minimum atomic E-state index is -0.860. The maximum atomic E-state index is 12.9. The highest BCUT2D eigenvalue weighted by atomic mass is 16.3. The molecule has 0 saturated carbocycles. The van der Waals surface area contributed by atoms with Crippen molar-refractivity contribution < 1.29 is 38.7 Å². The Balaban J connectivity index is 1.35. The Bertz CT molecular complexity index is 1670. The number of phenols is 1. The van der Waals surface area contributed by atoms with Crippen LogP contribution in [0.15, 0.2) is 24.3 Å². The molecule has 66 heavy (non-hydrogen) atoms. The van der Waals surface area contributed by atoms with E-state index in [2.05, 4.69) is 20.8 Å². The van der Waals surface area contributed by atoms with Gasteiger partial charge in [-0.25, -0.2) is 6.57 Å². The number of aromatic hydroxyl groups is 1. The summed E-state index contributed by atoms with van der Waals surface area (Å²) in [5.41, 5.74) is 12.8. The summed E-state index contributed by atoms with van der Waals surface area (Å²) in [4.78, 5) is 92.1. The number of amides is 4. The molecule has 0 bridgehead atoms. The van der Waals surface area contributed by atoms with Crippen molar-refractivity contribution in [2.45, 2.75) is 212 Å². The third-order valence-corrected chi connectivity index (χ3v) is 12.6. The van der Waals surface area contributed by atoms with Gasteiger partial charge in [-0.15, -0.1) is 0 Å². The molecule has 1 aromatic rings. The van der Waals surface area contributed by atoms with Gasteiger partial charge in [0.15, 0.2) is 5.78 Å². The van der Waals surface area contributed by atoms with Gasteiger partial charge in [0.25, 0.3) is 0 Å². The lowest BCUT2D eigenvalue weighted by Crippen LogP contribution is -2.48. The summed E-state index contributed by atoms with van der Waals surface area (Å²) < 4.78 is 0. The molecule has 15 nitrogen and oxygen atoms in total. The Kier molecular flexibility index (Phi) is 30.1. The number of carbonyl (C=O) groups is 7. The zero-order valence-corrected chi connectivity index (χ0v) is 40.3. The number of unbranched alkanes of at least 4 members (excludes halogenated alkanes) is 14. The molecule has 4 amide bonds. The number of ketones is 3. The molecular formula is C51H83N7O8. The summed E-state index contributed by atoms with van der Waals surface area (Å²) in [5.74, 6) is -1.02. The SMILES string of the molecule is [C-]#[N+][C@@H]1CCCN1C(=O)[C@@H](N)CCC(=O)NCCCCCCCCCC(=O)CCCCCCCCCCC(=O)NCCCC[C@H](CC(=O)[C@@H](C)NC(=O)[C@@H](N)Cc1ccc(O)cc1)C(C)=O. The molecule has 0 aliphatic carbocycles. The van der Waals surface area contributed by atoms with E-state index >= 15 is 0 Å². The molecule has 1 aliphatic rings. The molecule has 5 atom stereocenters. The third kappa shape index (κ3) is 25.9. The normalized spacial score (nSPS) is 15.3. The zero-order chi connectivity index (χ0) is 48.5. The summed E-state index contributed by atoms with van der Waals surface area (Å²) in [6.45, 7) is 12.0. The van der Waals surface area contributed by atoms with Gasteiger partial charge in [-0.1, -0.05) is 89.2 Å². The lowest BCUT2D eigenvalue weighted by molar-refractivity contribution is -0.133. The van der Waals surface area contributed by atoms with Crippen LogP contribution in [-0.4, -0.2) is 94.9 Å². The first-order valence-corrected chi connectivity index (χ1v) is 25.1. The number of benzene rings is 1. The van der Waals surface area contributed by atoms with E-state index in [4.69, 9.17) is 18.0 Å². The molecule has 1 saturated heterocycles. The first kappa shape index (κ1) is 57.4. The smallest absolute Gasteiger partial charge is 0.300 e. The van der Waals surface area contributed by atoms with E-state index in [9.17, 15) is 38.7 Å². The molecule has 0 aromatic heterocycles. The number of hydrogen-bond acceptors (Lipinski definition) is 10. The van der Waals surface area contributed by atoms with E-state index in [0.717, 1.165) is 108 Å². The van der Waals surface area contributed by atoms with Gasteiger partial charge in [0, 0.05) is 64.1 Å². The molecule has 0 spiro atoms. The summed E-state index contributed by atoms with van der Waals surface area (Å²) in [6, 6.07) is 4.02. The second-order valence-corrected chi connectivity index (χ2v) is 18.4. The Labute approximate surface area is 394 Å². The molecular weight excluding hydrogens is 839 g/mol. The largest absolute Gasteiger partial charge is 0.508 e. The lowest BCUT2D eigenvalue weighted by atomic mass is 9.91. The highest BCUT2D eigenvalue weighted by Crippen LogP contribution is 2.20. The predicted octanol–water partition coefficient (Wildman–Crippen LogP) is 6.90. The zero-order valence-electron chi connectivity index (χ0n) is 40.3. The molecule has 0 unspecified atom stereocenters. The van der Waals surface area contributed by atoms with Crippen LogP contribution < -0.4 is 27.4 Å². The van der Waals surface area contributed by atoms with E-state index < -0.39 is 36.1 Å². The van der Waals surface area contributed by atoms with Crippen molar-refractivity contribution in [3.05, 3.63) is 41.2 Å². The molecule has 370 valence electrons.